The lowest BCUT2D eigenvalue weighted by Crippen LogP contribution is -1.95. The van der Waals surface area contributed by atoms with Gasteiger partial charge >= 0.3 is 0 Å². The summed E-state index contributed by atoms with van der Waals surface area (Å²) in [6.07, 6.45) is 1.38. The van der Waals surface area contributed by atoms with Crippen LogP contribution in [0.25, 0.3) is 0 Å². The molecule has 2 aromatic rings. The first kappa shape index (κ1) is 11.1. The van der Waals surface area contributed by atoms with E-state index in [0.717, 1.165) is 10.0 Å². The molecule has 1 aromatic heterocycles. The second-order valence-electron chi connectivity index (χ2n) is 3.23. The van der Waals surface area contributed by atoms with E-state index in [1.165, 1.54) is 12.3 Å². The van der Waals surface area contributed by atoms with Gasteiger partial charge in [0, 0.05) is 16.7 Å². The monoisotopic (exact) mass is 281 g/mol. The quantitative estimate of drug-likeness (QED) is 0.803. The molecular formula is C12H9BrFNO. The lowest BCUT2D eigenvalue weighted by atomic mass is 10.2. The van der Waals surface area contributed by atoms with E-state index in [-0.39, 0.29) is 0 Å². The molecule has 2 nitrogen and oxygen atoms in total. The van der Waals surface area contributed by atoms with Crippen molar-refractivity contribution in [2.24, 2.45) is 0 Å². The topological polar surface area (TPSA) is 22.1 Å². The number of nitrogens with zero attached hydrogens (tertiary/aromatic N) is 1. The number of pyridine rings is 1. The normalized spacial score (nSPS) is 10.1. The van der Waals surface area contributed by atoms with Gasteiger partial charge < -0.3 is 4.74 Å². The third-order valence-electron chi connectivity index (χ3n) is 2.02. The number of rotatable bonds is 3. The minimum absolute atomic E-state index is 0.413. The molecule has 0 radical (unpaired) electrons. The molecule has 0 aliphatic heterocycles. The fraction of sp³-hybridized carbons (Fsp3) is 0.0833. The number of hydrogen-bond donors (Lipinski definition) is 0. The van der Waals surface area contributed by atoms with Crippen molar-refractivity contribution in [3.05, 3.63) is 58.6 Å². The maximum Gasteiger partial charge on any atom is 0.216 e. The molecule has 2 rings (SSSR count). The van der Waals surface area contributed by atoms with Crippen LogP contribution in [0.15, 0.2) is 47.1 Å². The maximum atomic E-state index is 12.7. The minimum Gasteiger partial charge on any atom is -0.489 e. The summed E-state index contributed by atoms with van der Waals surface area (Å²) >= 11 is 3.35. The smallest absolute Gasteiger partial charge is 0.216 e. The molecule has 0 aliphatic rings. The maximum absolute atomic E-state index is 12.7. The zero-order chi connectivity index (χ0) is 11.4. The average molecular weight is 282 g/mol. The first-order valence-corrected chi connectivity index (χ1v) is 5.52. The minimum atomic E-state index is -0.534. The molecule has 0 bridgehead atoms. The van der Waals surface area contributed by atoms with Gasteiger partial charge in [-0.2, -0.15) is 4.39 Å². The third kappa shape index (κ3) is 3.03. The number of halogens is 2. The average Bonchev–Trinajstić information content (AvgIpc) is 2.28. The van der Waals surface area contributed by atoms with Crippen LogP contribution in [-0.4, -0.2) is 4.98 Å². The highest BCUT2D eigenvalue weighted by Gasteiger charge is 1.98. The first-order valence-electron chi connectivity index (χ1n) is 4.73. The number of aromatic nitrogens is 1. The van der Waals surface area contributed by atoms with Gasteiger partial charge in [-0.1, -0.05) is 28.1 Å². The van der Waals surface area contributed by atoms with Gasteiger partial charge in [0.05, 0.1) is 0 Å². The number of hydrogen-bond acceptors (Lipinski definition) is 2. The summed E-state index contributed by atoms with van der Waals surface area (Å²) in [5.41, 5.74) is 1.03. The molecule has 0 spiro atoms. The van der Waals surface area contributed by atoms with Gasteiger partial charge in [0.2, 0.25) is 5.95 Å². The third-order valence-corrected chi connectivity index (χ3v) is 2.55. The predicted octanol–water partition coefficient (Wildman–Crippen LogP) is 3.56. The summed E-state index contributed by atoms with van der Waals surface area (Å²) in [5.74, 6) is -0.0521. The molecule has 0 saturated carbocycles. The van der Waals surface area contributed by atoms with Gasteiger partial charge in [-0.15, -0.1) is 0 Å². The van der Waals surface area contributed by atoms with Crippen molar-refractivity contribution in [3.63, 3.8) is 0 Å². The van der Waals surface area contributed by atoms with Crippen LogP contribution in [0.5, 0.6) is 5.75 Å². The zero-order valence-corrected chi connectivity index (χ0v) is 9.95. The molecule has 1 heterocycles. The van der Waals surface area contributed by atoms with Crippen molar-refractivity contribution in [2.75, 3.05) is 0 Å². The van der Waals surface area contributed by atoms with E-state index in [0.29, 0.717) is 12.4 Å². The van der Waals surface area contributed by atoms with Crippen LogP contribution in [0, 0.1) is 5.95 Å². The Balaban J connectivity index is 1.99. The lowest BCUT2D eigenvalue weighted by Gasteiger charge is -2.05. The van der Waals surface area contributed by atoms with E-state index < -0.39 is 5.95 Å². The Bertz CT molecular complexity index is 473. The Morgan fingerprint density at radius 2 is 1.94 bits per heavy atom. The van der Waals surface area contributed by atoms with Crippen LogP contribution < -0.4 is 4.74 Å². The van der Waals surface area contributed by atoms with Crippen molar-refractivity contribution in [3.8, 4) is 5.75 Å². The second kappa shape index (κ2) is 5.07. The molecule has 4 heteroatoms. The van der Waals surface area contributed by atoms with E-state index >= 15 is 0 Å². The number of benzene rings is 1. The summed E-state index contributed by atoms with van der Waals surface area (Å²) in [4.78, 5) is 3.45. The summed E-state index contributed by atoms with van der Waals surface area (Å²) in [5, 5.41) is 0. The van der Waals surface area contributed by atoms with E-state index in [4.69, 9.17) is 4.74 Å². The van der Waals surface area contributed by atoms with Gasteiger partial charge in [0.15, 0.2) is 0 Å². The lowest BCUT2D eigenvalue weighted by molar-refractivity contribution is 0.303. The summed E-state index contributed by atoms with van der Waals surface area (Å²) in [7, 11) is 0. The Morgan fingerprint density at radius 3 is 2.62 bits per heavy atom. The van der Waals surface area contributed by atoms with Crippen LogP contribution in [0.3, 0.4) is 0 Å². The molecule has 1 aromatic carbocycles. The van der Waals surface area contributed by atoms with E-state index in [2.05, 4.69) is 20.9 Å². The Hall–Kier alpha value is -1.42. The summed E-state index contributed by atoms with van der Waals surface area (Å²) < 4.78 is 19.2. The molecule has 0 unspecified atom stereocenters. The Morgan fingerprint density at radius 1 is 1.19 bits per heavy atom. The molecule has 0 aliphatic carbocycles. The summed E-state index contributed by atoms with van der Waals surface area (Å²) in [6.45, 7) is 0.413. The molecule has 0 N–H and O–H groups in total. The standard InChI is InChI=1S/C12H9BrFNO/c13-10-3-1-9(2-4-10)8-16-11-5-6-15-12(14)7-11/h1-7H,8H2. The van der Waals surface area contributed by atoms with Crippen molar-refractivity contribution in [1.29, 1.82) is 0 Å². The fourth-order valence-electron chi connectivity index (χ4n) is 1.22. The molecular weight excluding hydrogens is 273 g/mol. The van der Waals surface area contributed by atoms with Crippen LogP contribution in [-0.2, 0) is 6.61 Å². The molecule has 0 fully saturated rings. The summed E-state index contributed by atoms with van der Waals surface area (Å²) in [6, 6.07) is 10.7. The van der Waals surface area contributed by atoms with Crippen molar-refractivity contribution in [1.82, 2.24) is 4.98 Å². The van der Waals surface area contributed by atoms with Gasteiger partial charge in [0.25, 0.3) is 0 Å². The van der Waals surface area contributed by atoms with Gasteiger partial charge in [-0.25, -0.2) is 4.98 Å². The van der Waals surface area contributed by atoms with Gasteiger partial charge in [-0.3, -0.25) is 0 Å². The number of ether oxygens (including phenoxy) is 1. The van der Waals surface area contributed by atoms with Crippen LogP contribution in [0.1, 0.15) is 5.56 Å². The van der Waals surface area contributed by atoms with Crippen LogP contribution in [0.4, 0.5) is 4.39 Å². The molecule has 0 amide bonds. The predicted molar refractivity (Wildman–Crippen MR) is 62.7 cm³/mol. The van der Waals surface area contributed by atoms with Crippen LogP contribution >= 0.6 is 15.9 Å². The van der Waals surface area contributed by atoms with Crippen molar-refractivity contribution in [2.45, 2.75) is 6.61 Å². The fourth-order valence-corrected chi connectivity index (χ4v) is 1.49. The van der Waals surface area contributed by atoms with E-state index in [1.54, 1.807) is 6.07 Å². The highest BCUT2D eigenvalue weighted by molar-refractivity contribution is 9.10. The van der Waals surface area contributed by atoms with Gasteiger partial charge in [0.1, 0.15) is 12.4 Å². The Kier molecular flexibility index (Phi) is 3.51. The molecule has 16 heavy (non-hydrogen) atoms. The highest BCUT2D eigenvalue weighted by Crippen LogP contribution is 2.14. The molecule has 82 valence electrons. The second-order valence-corrected chi connectivity index (χ2v) is 4.15. The van der Waals surface area contributed by atoms with E-state index in [1.807, 2.05) is 24.3 Å². The molecule has 0 saturated heterocycles. The SMILES string of the molecule is Fc1cc(OCc2ccc(Br)cc2)ccn1. The molecule has 0 atom stereocenters. The zero-order valence-electron chi connectivity index (χ0n) is 8.36. The van der Waals surface area contributed by atoms with E-state index in [9.17, 15) is 4.39 Å². The highest BCUT2D eigenvalue weighted by atomic mass is 79.9. The van der Waals surface area contributed by atoms with Crippen molar-refractivity contribution < 1.29 is 9.13 Å². The van der Waals surface area contributed by atoms with Gasteiger partial charge in [-0.05, 0) is 23.8 Å². The largest absolute Gasteiger partial charge is 0.489 e. The first-order chi connectivity index (χ1) is 7.74. The van der Waals surface area contributed by atoms with Crippen LogP contribution in [0.2, 0.25) is 0 Å². The van der Waals surface area contributed by atoms with Crippen molar-refractivity contribution >= 4 is 15.9 Å². The Labute approximate surface area is 101 Å².